The lowest BCUT2D eigenvalue weighted by Crippen LogP contribution is -1.93. The molecule has 0 spiro atoms. The molecule has 0 aliphatic carbocycles. The monoisotopic (exact) mass is 259 g/mol. The van der Waals surface area contributed by atoms with Crippen molar-refractivity contribution in [2.45, 2.75) is 13.8 Å². The highest BCUT2D eigenvalue weighted by Gasteiger charge is 2.10. The van der Waals surface area contributed by atoms with Crippen molar-refractivity contribution < 1.29 is 0 Å². The summed E-state index contributed by atoms with van der Waals surface area (Å²) in [5.74, 6) is 0. The van der Waals surface area contributed by atoms with E-state index in [2.05, 4.69) is 26.0 Å². The van der Waals surface area contributed by atoms with Gasteiger partial charge in [-0.1, -0.05) is 11.6 Å². The number of nitrogens with zero attached hydrogens (tertiary/aromatic N) is 3. The lowest BCUT2D eigenvalue weighted by atomic mass is 10.4. The van der Waals surface area contributed by atoms with E-state index in [0.717, 1.165) is 21.5 Å². The van der Waals surface area contributed by atoms with Gasteiger partial charge in [-0.15, -0.1) is 0 Å². The second-order valence-corrected chi connectivity index (χ2v) is 4.04. The van der Waals surface area contributed by atoms with Crippen LogP contribution in [0.15, 0.2) is 10.5 Å². The zero-order chi connectivity index (χ0) is 9.59. The highest BCUT2D eigenvalue weighted by molar-refractivity contribution is 9.10. The third kappa shape index (κ3) is 1.34. The number of aryl methyl sites for hydroxylation is 2. The van der Waals surface area contributed by atoms with Gasteiger partial charge < -0.3 is 0 Å². The quantitative estimate of drug-likeness (QED) is 0.682. The van der Waals surface area contributed by atoms with E-state index < -0.39 is 0 Å². The molecule has 0 amide bonds. The van der Waals surface area contributed by atoms with Gasteiger partial charge in [-0.25, -0.2) is 9.50 Å². The van der Waals surface area contributed by atoms with Crippen molar-refractivity contribution >= 4 is 33.2 Å². The SMILES string of the molecule is Cc1cc(Cl)n2nc(C)c(Br)c2n1. The van der Waals surface area contributed by atoms with Crippen molar-refractivity contribution in [1.29, 1.82) is 0 Å². The first-order valence-electron chi connectivity index (χ1n) is 3.77. The average molecular weight is 261 g/mol. The van der Waals surface area contributed by atoms with Crippen LogP contribution < -0.4 is 0 Å². The van der Waals surface area contributed by atoms with Crippen molar-refractivity contribution in [3.63, 3.8) is 0 Å². The van der Waals surface area contributed by atoms with Crippen LogP contribution in [0.2, 0.25) is 5.15 Å². The maximum Gasteiger partial charge on any atom is 0.171 e. The minimum absolute atomic E-state index is 0.580. The number of hydrogen-bond acceptors (Lipinski definition) is 2. The number of hydrogen-bond donors (Lipinski definition) is 0. The fraction of sp³-hybridized carbons (Fsp3) is 0.250. The highest BCUT2D eigenvalue weighted by Crippen LogP contribution is 2.23. The van der Waals surface area contributed by atoms with E-state index in [1.165, 1.54) is 0 Å². The zero-order valence-corrected chi connectivity index (χ0v) is 9.52. The Kier molecular flexibility index (Phi) is 2.04. The molecule has 0 unspecified atom stereocenters. The van der Waals surface area contributed by atoms with Gasteiger partial charge in [0.05, 0.1) is 10.2 Å². The van der Waals surface area contributed by atoms with Gasteiger partial charge in [0.1, 0.15) is 5.15 Å². The molecule has 0 aliphatic heterocycles. The zero-order valence-electron chi connectivity index (χ0n) is 7.17. The Morgan fingerprint density at radius 2 is 2.15 bits per heavy atom. The molecule has 2 aromatic heterocycles. The Labute approximate surface area is 88.9 Å². The Morgan fingerprint density at radius 1 is 1.46 bits per heavy atom. The molecule has 0 bridgehead atoms. The predicted molar refractivity (Wildman–Crippen MR) is 55.2 cm³/mol. The van der Waals surface area contributed by atoms with Crippen molar-refractivity contribution in [1.82, 2.24) is 14.6 Å². The summed E-state index contributed by atoms with van der Waals surface area (Å²) in [5.41, 5.74) is 2.54. The van der Waals surface area contributed by atoms with Gasteiger partial charge in [-0.05, 0) is 35.8 Å². The second kappa shape index (κ2) is 2.96. The molecular weight excluding hydrogens is 253 g/mol. The molecule has 0 aliphatic rings. The molecule has 0 fully saturated rings. The summed E-state index contributed by atoms with van der Waals surface area (Å²) in [6.07, 6.45) is 0. The molecule has 0 radical (unpaired) electrons. The molecule has 68 valence electrons. The lowest BCUT2D eigenvalue weighted by molar-refractivity contribution is 0.910. The standard InChI is InChI=1S/C8H7BrClN3/c1-4-3-6(10)13-8(11-4)7(9)5(2)12-13/h3H,1-2H3. The van der Waals surface area contributed by atoms with E-state index in [-0.39, 0.29) is 0 Å². The third-order valence-electron chi connectivity index (χ3n) is 1.78. The van der Waals surface area contributed by atoms with E-state index in [1.807, 2.05) is 13.8 Å². The van der Waals surface area contributed by atoms with Gasteiger partial charge in [0.15, 0.2) is 5.65 Å². The van der Waals surface area contributed by atoms with E-state index in [0.29, 0.717) is 5.15 Å². The van der Waals surface area contributed by atoms with Gasteiger partial charge in [-0.2, -0.15) is 5.10 Å². The van der Waals surface area contributed by atoms with E-state index in [1.54, 1.807) is 10.6 Å². The van der Waals surface area contributed by atoms with Crippen LogP contribution in [0.4, 0.5) is 0 Å². The Balaban J connectivity index is 2.94. The molecule has 2 rings (SSSR count). The molecule has 13 heavy (non-hydrogen) atoms. The maximum absolute atomic E-state index is 5.99. The Morgan fingerprint density at radius 3 is 2.85 bits per heavy atom. The summed E-state index contributed by atoms with van der Waals surface area (Å²) in [6, 6.07) is 1.79. The highest BCUT2D eigenvalue weighted by atomic mass is 79.9. The topological polar surface area (TPSA) is 30.2 Å². The van der Waals surface area contributed by atoms with Crippen molar-refractivity contribution in [3.8, 4) is 0 Å². The van der Waals surface area contributed by atoms with Crippen molar-refractivity contribution in [2.75, 3.05) is 0 Å². The van der Waals surface area contributed by atoms with E-state index in [4.69, 9.17) is 11.6 Å². The minimum atomic E-state index is 0.580. The molecular formula is C8H7BrClN3. The summed E-state index contributed by atoms with van der Waals surface area (Å²) in [7, 11) is 0. The van der Waals surface area contributed by atoms with Crippen LogP contribution in [0.1, 0.15) is 11.4 Å². The number of aromatic nitrogens is 3. The van der Waals surface area contributed by atoms with Crippen LogP contribution >= 0.6 is 27.5 Å². The predicted octanol–water partition coefficient (Wildman–Crippen LogP) is 2.76. The van der Waals surface area contributed by atoms with Gasteiger partial charge in [0.25, 0.3) is 0 Å². The summed E-state index contributed by atoms with van der Waals surface area (Å²) < 4.78 is 2.52. The van der Waals surface area contributed by atoms with Crippen LogP contribution in [0.3, 0.4) is 0 Å². The Bertz CT molecular complexity index is 478. The summed E-state index contributed by atoms with van der Waals surface area (Å²) in [4.78, 5) is 4.33. The normalized spacial score (nSPS) is 11.1. The van der Waals surface area contributed by atoms with Crippen LogP contribution in [0.25, 0.3) is 5.65 Å². The number of halogens is 2. The van der Waals surface area contributed by atoms with E-state index >= 15 is 0 Å². The van der Waals surface area contributed by atoms with Gasteiger partial charge in [0.2, 0.25) is 0 Å². The molecule has 0 atom stereocenters. The number of fused-ring (bicyclic) bond motifs is 1. The van der Waals surface area contributed by atoms with Crippen molar-refractivity contribution in [2.24, 2.45) is 0 Å². The number of rotatable bonds is 0. The minimum Gasteiger partial charge on any atom is -0.233 e. The van der Waals surface area contributed by atoms with Crippen LogP contribution in [-0.4, -0.2) is 14.6 Å². The molecule has 0 aromatic carbocycles. The smallest absolute Gasteiger partial charge is 0.171 e. The lowest BCUT2D eigenvalue weighted by Gasteiger charge is -1.97. The van der Waals surface area contributed by atoms with Gasteiger partial charge in [-0.3, -0.25) is 0 Å². The maximum atomic E-state index is 5.99. The fourth-order valence-electron chi connectivity index (χ4n) is 1.17. The van der Waals surface area contributed by atoms with Crippen LogP contribution in [0.5, 0.6) is 0 Å². The largest absolute Gasteiger partial charge is 0.233 e. The van der Waals surface area contributed by atoms with Crippen molar-refractivity contribution in [3.05, 3.63) is 27.1 Å². The third-order valence-corrected chi connectivity index (χ3v) is 2.97. The van der Waals surface area contributed by atoms with Gasteiger partial charge >= 0.3 is 0 Å². The average Bonchev–Trinajstić information content (AvgIpc) is 2.32. The fourth-order valence-corrected chi connectivity index (χ4v) is 1.79. The summed E-state index contributed by atoms with van der Waals surface area (Å²) >= 11 is 9.40. The van der Waals surface area contributed by atoms with Crippen LogP contribution in [0, 0.1) is 13.8 Å². The molecule has 3 nitrogen and oxygen atoms in total. The summed E-state index contributed by atoms with van der Waals surface area (Å²) in [6.45, 7) is 3.81. The Hall–Kier alpha value is -0.610. The molecule has 2 aromatic rings. The molecule has 0 saturated carbocycles. The molecule has 0 N–H and O–H groups in total. The van der Waals surface area contributed by atoms with Crippen LogP contribution in [-0.2, 0) is 0 Å². The molecule has 2 heterocycles. The molecule has 0 saturated heterocycles. The first-order valence-corrected chi connectivity index (χ1v) is 4.94. The summed E-state index contributed by atoms with van der Waals surface area (Å²) in [5, 5.41) is 4.81. The van der Waals surface area contributed by atoms with Gasteiger partial charge in [0, 0.05) is 5.69 Å². The molecule has 5 heteroatoms. The first-order chi connectivity index (χ1) is 6.09. The first kappa shape index (κ1) is 8.97. The van der Waals surface area contributed by atoms with E-state index in [9.17, 15) is 0 Å². The second-order valence-electron chi connectivity index (χ2n) is 2.86.